The van der Waals surface area contributed by atoms with Gasteiger partial charge in [0.15, 0.2) is 0 Å². The van der Waals surface area contributed by atoms with Crippen molar-refractivity contribution in [3.8, 4) is 11.8 Å². The van der Waals surface area contributed by atoms with Crippen molar-refractivity contribution in [2.75, 3.05) is 20.2 Å². The fourth-order valence-corrected chi connectivity index (χ4v) is 1.45. The van der Waals surface area contributed by atoms with Gasteiger partial charge in [0.1, 0.15) is 12.3 Å². The highest BCUT2D eigenvalue weighted by atomic mass is 16.5. The van der Waals surface area contributed by atoms with Crippen molar-refractivity contribution in [1.82, 2.24) is 4.90 Å². The Morgan fingerprint density at radius 2 is 2.33 bits per heavy atom. The summed E-state index contributed by atoms with van der Waals surface area (Å²) < 4.78 is 5.10. The number of ether oxygens (including phenoxy) is 1. The minimum absolute atomic E-state index is 0.109. The van der Waals surface area contributed by atoms with Gasteiger partial charge in [-0.25, -0.2) is 0 Å². The van der Waals surface area contributed by atoms with Crippen LogP contribution in [0.15, 0.2) is 30.3 Å². The molecule has 1 aromatic carbocycles. The van der Waals surface area contributed by atoms with Crippen molar-refractivity contribution in [2.24, 2.45) is 0 Å². The van der Waals surface area contributed by atoms with E-state index in [2.05, 4.69) is 0 Å². The van der Waals surface area contributed by atoms with Gasteiger partial charge in [0.05, 0.1) is 13.2 Å². The number of nitriles is 1. The van der Waals surface area contributed by atoms with Crippen LogP contribution in [0.5, 0.6) is 5.75 Å². The van der Waals surface area contributed by atoms with Gasteiger partial charge in [-0.2, -0.15) is 5.26 Å². The van der Waals surface area contributed by atoms with E-state index in [1.54, 1.807) is 13.2 Å². The first-order valence-corrected chi connectivity index (χ1v) is 5.69. The van der Waals surface area contributed by atoms with Gasteiger partial charge in [0.2, 0.25) is 5.91 Å². The number of nitrogens with zero attached hydrogens (tertiary/aromatic N) is 2. The number of methoxy groups -OCH3 is 1. The largest absolute Gasteiger partial charge is 0.497 e. The second-order valence-corrected chi connectivity index (χ2v) is 3.62. The molecule has 0 bridgehead atoms. The maximum Gasteiger partial charge on any atom is 0.247 e. The first kappa shape index (κ1) is 13.8. The molecule has 4 nitrogen and oxygen atoms in total. The Labute approximate surface area is 107 Å². The molecule has 1 rings (SSSR count). The summed E-state index contributed by atoms with van der Waals surface area (Å²) in [7, 11) is 1.60. The SMILES string of the molecule is CCN(CC#N)C(=O)C=Cc1cccc(OC)c1. The third-order valence-electron chi connectivity index (χ3n) is 2.47. The molecule has 94 valence electrons. The van der Waals surface area contributed by atoms with Crippen LogP contribution in [-0.4, -0.2) is 31.0 Å². The van der Waals surface area contributed by atoms with Crippen LogP contribution in [0, 0.1) is 11.3 Å². The standard InChI is InChI=1S/C14H16N2O2/c1-3-16(10-9-15)14(17)8-7-12-5-4-6-13(11-12)18-2/h4-8,11H,3,10H2,1-2H3. The molecule has 0 aromatic heterocycles. The summed E-state index contributed by atoms with van der Waals surface area (Å²) >= 11 is 0. The average molecular weight is 244 g/mol. The molecule has 1 amide bonds. The first-order valence-electron chi connectivity index (χ1n) is 5.69. The molecule has 0 spiro atoms. The number of carbonyl (C=O) groups excluding carboxylic acids is 1. The Morgan fingerprint density at radius 1 is 1.56 bits per heavy atom. The Bertz CT molecular complexity index is 475. The number of hydrogen-bond donors (Lipinski definition) is 0. The number of likely N-dealkylation sites (N-methyl/N-ethyl adjacent to an activating group) is 1. The van der Waals surface area contributed by atoms with Gasteiger partial charge in [0, 0.05) is 12.6 Å². The van der Waals surface area contributed by atoms with E-state index in [4.69, 9.17) is 10.00 Å². The predicted molar refractivity (Wildman–Crippen MR) is 69.9 cm³/mol. The van der Waals surface area contributed by atoms with Gasteiger partial charge in [-0.15, -0.1) is 0 Å². The zero-order valence-electron chi connectivity index (χ0n) is 10.6. The Hall–Kier alpha value is -2.28. The monoisotopic (exact) mass is 244 g/mol. The van der Waals surface area contributed by atoms with Crippen LogP contribution in [-0.2, 0) is 4.79 Å². The molecule has 0 unspecified atom stereocenters. The molecule has 18 heavy (non-hydrogen) atoms. The van der Waals surface area contributed by atoms with Gasteiger partial charge in [-0.05, 0) is 30.7 Å². The third kappa shape index (κ3) is 3.95. The molecular formula is C14H16N2O2. The fourth-order valence-electron chi connectivity index (χ4n) is 1.45. The van der Waals surface area contributed by atoms with Crippen molar-refractivity contribution >= 4 is 12.0 Å². The van der Waals surface area contributed by atoms with E-state index < -0.39 is 0 Å². The van der Waals surface area contributed by atoms with Gasteiger partial charge >= 0.3 is 0 Å². The highest BCUT2D eigenvalue weighted by molar-refractivity contribution is 5.91. The van der Waals surface area contributed by atoms with E-state index in [0.717, 1.165) is 11.3 Å². The number of hydrogen-bond acceptors (Lipinski definition) is 3. The lowest BCUT2D eigenvalue weighted by Gasteiger charge is -2.14. The molecule has 4 heteroatoms. The number of benzene rings is 1. The molecule has 0 saturated carbocycles. The average Bonchev–Trinajstić information content (AvgIpc) is 2.42. The van der Waals surface area contributed by atoms with Crippen LogP contribution in [0.1, 0.15) is 12.5 Å². The molecular weight excluding hydrogens is 228 g/mol. The van der Waals surface area contributed by atoms with Gasteiger partial charge < -0.3 is 9.64 Å². The summed E-state index contributed by atoms with van der Waals surface area (Å²) in [5.41, 5.74) is 0.885. The second-order valence-electron chi connectivity index (χ2n) is 3.62. The predicted octanol–water partition coefficient (Wildman–Crippen LogP) is 2.08. The van der Waals surface area contributed by atoms with E-state index in [-0.39, 0.29) is 12.5 Å². The lowest BCUT2D eigenvalue weighted by atomic mass is 10.2. The minimum Gasteiger partial charge on any atom is -0.497 e. The smallest absolute Gasteiger partial charge is 0.247 e. The quantitative estimate of drug-likeness (QED) is 0.588. The second kappa shape index (κ2) is 7.13. The van der Waals surface area contributed by atoms with Gasteiger partial charge in [-0.1, -0.05) is 12.1 Å². The molecule has 0 saturated heterocycles. The maximum atomic E-state index is 11.7. The van der Waals surface area contributed by atoms with E-state index in [9.17, 15) is 4.79 Å². The van der Waals surface area contributed by atoms with Crippen molar-refractivity contribution in [3.63, 3.8) is 0 Å². The van der Waals surface area contributed by atoms with Gasteiger partial charge in [0.25, 0.3) is 0 Å². The van der Waals surface area contributed by atoms with Gasteiger partial charge in [-0.3, -0.25) is 4.79 Å². The number of carbonyl (C=O) groups is 1. The molecule has 0 N–H and O–H groups in total. The summed E-state index contributed by atoms with van der Waals surface area (Å²) in [5, 5.41) is 8.59. The Balaban J connectivity index is 2.73. The van der Waals surface area contributed by atoms with Crippen LogP contribution in [0.25, 0.3) is 6.08 Å². The maximum absolute atomic E-state index is 11.7. The molecule has 1 aromatic rings. The summed E-state index contributed by atoms with van der Waals surface area (Å²) in [6.45, 7) is 2.47. The summed E-state index contributed by atoms with van der Waals surface area (Å²) in [6.07, 6.45) is 3.18. The first-order chi connectivity index (χ1) is 8.71. The zero-order valence-corrected chi connectivity index (χ0v) is 10.6. The van der Waals surface area contributed by atoms with E-state index >= 15 is 0 Å². The Morgan fingerprint density at radius 3 is 2.94 bits per heavy atom. The van der Waals surface area contributed by atoms with Crippen molar-refractivity contribution < 1.29 is 9.53 Å². The normalized spacial score (nSPS) is 10.1. The number of amides is 1. The van der Waals surface area contributed by atoms with Crippen LogP contribution in [0.3, 0.4) is 0 Å². The van der Waals surface area contributed by atoms with E-state index in [1.807, 2.05) is 37.3 Å². The highest BCUT2D eigenvalue weighted by Gasteiger charge is 2.06. The summed E-state index contributed by atoms with van der Waals surface area (Å²) in [5.74, 6) is 0.579. The summed E-state index contributed by atoms with van der Waals surface area (Å²) in [4.78, 5) is 13.2. The molecule has 0 atom stereocenters. The van der Waals surface area contributed by atoms with Crippen LogP contribution in [0.2, 0.25) is 0 Å². The molecule has 0 aliphatic heterocycles. The van der Waals surface area contributed by atoms with Crippen molar-refractivity contribution in [2.45, 2.75) is 6.92 Å². The van der Waals surface area contributed by atoms with E-state index in [1.165, 1.54) is 11.0 Å². The van der Waals surface area contributed by atoms with Crippen molar-refractivity contribution in [1.29, 1.82) is 5.26 Å². The Kier molecular flexibility index (Phi) is 5.46. The lowest BCUT2D eigenvalue weighted by molar-refractivity contribution is -0.125. The third-order valence-corrected chi connectivity index (χ3v) is 2.47. The lowest BCUT2D eigenvalue weighted by Crippen LogP contribution is -2.29. The molecule has 0 radical (unpaired) electrons. The topological polar surface area (TPSA) is 53.3 Å². The van der Waals surface area contributed by atoms with E-state index in [0.29, 0.717) is 6.54 Å². The number of rotatable bonds is 5. The van der Waals surface area contributed by atoms with Crippen LogP contribution >= 0.6 is 0 Å². The molecule has 0 aliphatic rings. The minimum atomic E-state index is -0.165. The van der Waals surface area contributed by atoms with Crippen LogP contribution < -0.4 is 4.74 Å². The molecule has 0 heterocycles. The summed E-state index contributed by atoms with van der Waals surface area (Å²) in [6, 6.07) is 9.38. The van der Waals surface area contributed by atoms with Crippen molar-refractivity contribution in [3.05, 3.63) is 35.9 Å². The highest BCUT2D eigenvalue weighted by Crippen LogP contribution is 2.13. The zero-order chi connectivity index (χ0) is 13.4. The fraction of sp³-hybridized carbons (Fsp3) is 0.286. The van der Waals surface area contributed by atoms with Crippen LogP contribution in [0.4, 0.5) is 0 Å². The molecule has 0 aliphatic carbocycles. The molecule has 0 fully saturated rings.